The van der Waals surface area contributed by atoms with Crippen molar-refractivity contribution in [1.82, 2.24) is 10.6 Å². The van der Waals surface area contributed by atoms with Gasteiger partial charge in [-0.1, -0.05) is 163 Å². The van der Waals surface area contributed by atoms with Gasteiger partial charge in [-0.05, 0) is 172 Å². The van der Waals surface area contributed by atoms with E-state index in [0.717, 1.165) is 76.7 Å². The van der Waals surface area contributed by atoms with E-state index in [4.69, 9.17) is 33.2 Å². The van der Waals surface area contributed by atoms with Crippen molar-refractivity contribution in [1.29, 1.82) is 0 Å². The molecule has 7 fully saturated rings. The summed E-state index contributed by atoms with van der Waals surface area (Å²) in [5.41, 5.74) is -3.30. The molecule has 6 saturated carbocycles. The molecule has 556 valence electrons. The van der Waals surface area contributed by atoms with Crippen molar-refractivity contribution >= 4 is 41.7 Å². The number of alkyl carbamates (subject to hydrolysis) is 1. The predicted octanol–water partition coefficient (Wildman–Crippen LogP) is 13.2. The van der Waals surface area contributed by atoms with Crippen LogP contribution in [0.5, 0.6) is 0 Å². The third-order valence-corrected chi connectivity index (χ3v) is 24.7. The molecule has 2 bridgehead atoms. The second-order valence-electron chi connectivity index (χ2n) is 31.8. The van der Waals surface area contributed by atoms with Gasteiger partial charge < -0.3 is 59.1 Å². The second kappa shape index (κ2) is 32.0. The van der Waals surface area contributed by atoms with Crippen LogP contribution in [0.3, 0.4) is 0 Å². The number of nitrogens with one attached hydrogen (secondary N) is 2. The van der Waals surface area contributed by atoms with Gasteiger partial charge in [-0.3, -0.25) is 19.2 Å². The molecular weight excluding hydrogens is 1310 g/mol. The van der Waals surface area contributed by atoms with E-state index >= 15 is 4.79 Å². The molecule has 14 unspecified atom stereocenters. The summed E-state index contributed by atoms with van der Waals surface area (Å²) in [6.07, 6.45) is 12.4. The largest absolute Gasteiger partial charge is 0.456 e. The Hall–Kier alpha value is -7.55. The smallest absolute Gasteiger partial charge is 0.407 e. The first-order chi connectivity index (χ1) is 49.1. The SMILES string of the molecule is C=C1/C(=C\C=C2/CCC[C@@]3(C)C2CCC3[C@@H](C)/C=C/C(O)C2CC2)C[C@@H](C)C[C@@H]1OCCCCCCCCNC(=O)OC1CC2OCC2(OC(C)=O)C2C(OC(=O)c3ccccc3)C3(O)CC(OC(=O)C(O)C(NC(=O)c4ccccc4)c4ccccc4)C(C)=C(C(OC(C)=O)C(=O)C12C)C3(C)C. The number of Topliss-reactive ketones (excluding diaryl/α,β-unsaturated/α-hetero) is 1. The Labute approximate surface area is 607 Å². The van der Waals surface area contributed by atoms with E-state index in [0.29, 0.717) is 48.2 Å². The Kier molecular flexibility index (Phi) is 23.8. The maximum Gasteiger partial charge on any atom is 0.407 e. The quantitative estimate of drug-likeness (QED) is 0.0216. The lowest BCUT2D eigenvalue weighted by molar-refractivity contribution is -0.345. The van der Waals surface area contributed by atoms with Crippen LogP contribution in [-0.2, 0) is 52.3 Å². The molecule has 2 amide bonds. The first-order valence-electron chi connectivity index (χ1n) is 37.7. The molecule has 1 aliphatic heterocycles. The van der Waals surface area contributed by atoms with Gasteiger partial charge in [-0.25, -0.2) is 14.4 Å². The van der Waals surface area contributed by atoms with Crippen molar-refractivity contribution in [3.63, 3.8) is 0 Å². The molecule has 0 radical (unpaired) electrons. The highest BCUT2D eigenvalue weighted by Crippen LogP contribution is 2.66. The Morgan fingerprint density at radius 1 is 0.767 bits per heavy atom. The molecule has 1 saturated heterocycles. The van der Waals surface area contributed by atoms with Crippen molar-refractivity contribution in [3.05, 3.63) is 166 Å². The van der Waals surface area contributed by atoms with E-state index in [1.165, 1.54) is 64.2 Å². The number of allylic oxidation sites excluding steroid dienone is 4. The van der Waals surface area contributed by atoms with Gasteiger partial charge in [-0.2, -0.15) is 0 Å². The summed E-state index contributed by atoms with van der Waals surface area (Å²) >= 11 is 0. The summed E-state index contributed by atoms with van der Waals surface area (Å²) in [5, 5.41) is 42.5. The molecule has 3 aromatic rings. The van der Waals surface area contributed by atoms with Gasteiger partial charge in [0.15, 0.2) is 23.6 Å². The van der Waals surface area contributed by atoms with Crippen LogP contribution in [0.4, 0.5) is 4.79 Å². The minimum Gasteiger partial charge on any atom is -0.456 e. The third-order valence-electron chi connectivity index (χ3n) is 24.7. The van der Waals surface area contributed by atoms with Crippen LogP contribution in [0.25, 0.3) is 0 Å². The highest BCUT2D eigenvalue weighted by atomic mass is 16.6. The number of carbonyl (C=O) groups excluding carboxylic acids is 7. The number of aliphatic hydroxyl groups is 3. The van der Waals surface area contributed by atoms with Gasteiger partial charge in [0.05, 0.1) is 41.8 Å². The van der Waals surface area contributed by atoms with Crippen LogP contribution in [0.2, 0.25) is 0 Å². The molecule has 19 nitrogen and oxygen atoms in total. The minimum atomic E-state index is -2.49. The summed E-state index contributed by atoms with van der Waals surface area (Å²) in [6, 6.07) is 23.0. The summed E-state index contributed by atoms with van der Waals surface area (Å²) in [7, 11) is 0. The molecule has 11 rings (SSSR count). The Bertz CT molecular complexity index is 3730. The topological polar surface area (TPSA) is 269 Å². The van der Waals surface area contributed by atoms with Crippen molar-refractivity contribution in [2.75, 3.05) is 19.8 Å². The average molecular weight is 1420 g/mol. The number of hydrogen-bond donors (Lipinski definition) is 5. The molecule has 0 spiro atoms. The molecule has 3 aromatic carbocycles. The van der Waals surface area contributed by atoms with Crippen molar-refractivity contribution in [3.8, 4) is 0 Å². The zero-order valence-electron chi connectivity index (χ0n) is 61.5. The van der Waals surface area contributed by atoms with Gasteiger partial charge in [0.2, 0.25) is 0 Å². The number of fused-ring (bicyclic) bond motifs is 6. The third kappa shape index (κ3) is 15.9. The van der Waals surface area contributed by atoms with Gasteiger partial charge in [0.25, 0.3) is 5.91 Å². The molecule has 7 aliphatic carbocycles. The van der Waals surface area contributed by atoms with Crippen LogP contribution >= 0.6 is 0 Å². The number of esters is 4. The summed E-state index contributed by atoms with van der Waals surface area (Å²) in [6.45, 7) is 20.7. The number of rotatable bonds is 26. The number of hydrogen-bond acceptors (Lipinski definition) is 17. The van der Waals surface area contributed by atoms with E-state index in [-0.39, 0.29) is 59.5 Å². The number of ketones is 1. The summed E-state index contributed by atoms with van der Waals surface area (Å²) in [5.74, 6) is -4.51. The molecule has 0 aromatic heterocycles. The highest BCUT2D eigenvalue weighted by Gasteiger charge is 2.79. The lowest BCUT2D eigenvalue weighted by Crippen LogP contribution is -2.82. The normalized spacial score (nSPS) is 32.8. The van der Waals surface area contributed by atoms with Crippen LogP contribution in [0, 0.1) is 51.8 Å². The van der Waals surface area contributed by atoms with Gasteiger partial charge >= 0.3 is 30.0 Å². The molecular formula is C84H108N2O17. The Morgan fingerprint density at radius 2 is 1.43 bits per heavy atom. The highest BCUT2D eigenvalue weighted by molar-refractivity contribution is 5.96. The Morgan fingerprint density at radius 3 is 2.08 bits per heavy atom. The molecule has 103 heavy (non-hydrogen) atoms. The predicted molar refractivity (Wildman–Crippen MR) is 386 cm³/mol. The van der Waals surface area contributed by atoms with E-state index in [2.05, 4.69) is 62.3 Å². The zero-order valence-corrected chi connectivity index (χ0v) is 61.5. The van der Waals surface area contributed by atoms with Crippen molar-refractivity contribution in [2.24, 2.45) is 51.8 Å². The lowest BCUT2D eigenvalue weighted by Gasteiger charge is -2.67. The minimum absolute atomic E-state index is 0.0263. The Balaban J connectivity index is 0.761. The number of ether oxygens (including phenoxy) is 7. The monoisotopic (exact) mass is 1420 g/mol. The number of benzene rings is 3. The fourth-order valence-electron chi connectivity index (χ4n) is 18.9. The fraction of sp³-hybridized carbons (Fsp3) is 0.583. The summed E-state index contributed by atoms with van der Waals surface area (Å²) in [4.78, 5) is 101. The average Bonchev–Trinajstić information content (AvgIpc) is 1.46. The van der Waals surface area contributed by atoms with Gasteiger partial charge in [-0.15, -0.1) is 0 Å². The van der Waals surface area contributed by atoms with Gasteiger partial charge in [0.1, 0.15) is 30.0 Å². The summed E-state index contributed by atoms with van der Waals surface area (Å²) < 4.78 is 44.5. The number of amides is 2. The standard InChI is InChI=1S/C84H108N2O17/c1-50-45-61(38-35-56-33-26-42-81(9)62(39-40-63(56)81)51(2)34-41-64(89)57-36-37-57)52(3)65(46-50)97-44-25-14-12-11-13-24-43-85-79(95)101-67-47-68-83(49-98-68,103-55(6)88)73-75(102-77(93)60-31-22-17-23-32-60)84(96)48-66(53(4)69(80(84,7)8)72(99-54(5)87)74(91)82(67,73)10)100-78(94)71(90)70(58-27-18-15-19-28-58)86-76(92)59-29-20-16-21-30-59/h15-23,27-32,34-35,38,41,50-51,57,62-68,70-73,75,89-90,96H,3,11-14,24-26,33,36-37,39-40,42-49H2,1-2,4-10H3,(H,85,95)(H,86,92)/b41-34+,56-35+,61-38-/t50-,51+,62?,63?,64?,65+,66?,67?,68?,70?,71?,72?,73?,75?,81-,82?,83?,84?/m1/s1. The zero-order chi connectivity index (χ0) is 73.8. The molecule has 8 aliphatic rings. The van der Waals surface area contributed by atoms with E-state index in [1.807, 2.05) is 0 Å². The number of unbranched alkanes of at least 4 members (excludes halogenated alkanes) is 5. The van der Waals surface area contributed by atoms with Crippen molar-refractivity contribution < 1.29 is 82.0 Å². The van der Waals surface area contributed by atoms with Crippen LogP contribution in [0.15, 0.2) is 150 Å². The second-order valence-corrected chi connectivity index (χ2v) is 31.8. The van der Waals surface area contributed by atoms with Gasteiger partial charge in [0, 0.05) is 50.8 Å². The van der Waals surface area contributed by atoms with Crippen LogP contribution < -0.4 is 10.6 Å². The first-order valence-corrected chi connectivity index (χ1v) is 37.7. The molecule has 18 atom stereocenters. The molecule has 5 N–H and O–H groups in total. The maximum absolute atomic E-state index is 16.5. The van der Waals surface area contributed by atoms with E-state index < -0.39 is 119 Å². The molecule has 19 heteroatoms. The lowest BCUT2D eigenvalue weighted by atomic mass is 9.44. The van der Waals surface area contributed by atoms with Crippen LogP contribution in [-0.4, -0.2) is 137 Å². The fourth-order valence-corrected chi connectivity index (χ4v) is 18.9. The maximum atomic E-state index is 16.5. The molecule has 1 heterocycles. The van der Waals surface area contributed by atoms with Crippen LogP contribution in [0.1, 0.15) is 204 Å². The van der Waals surface area contributed by atoms with E-state index in [9.17, 15) is 44.1 Å². The first kappa shape index (κ1) is 76.6. The van der Waals surface area contributed by atoms with E-state index in [1.54, 1.807) is 98.3 Å². The van der Waals surface area contributed by atoms with Crippen molar-refractivity contribution in [2.45, 2.75) is 238 Å². The number of aliphatic hydroxyl groups excluding tert-OH is 2. The number of carbonyl (C=O) groups is 7.